The van der Waals surface area contributed by atoms with Gasteiger partial charge in [-0.05, 0) is 47.5 Å². The number of nitrogens with one attached hydrogen (secondary N) is 1. The molecule has 2 aromatic carbocycles. The second-order valence-corrected chi connectivity index (χ2v) is 5.02. The van der Waals surface area contributed by atoms with E-state index in [-0.39, 0.29) is 5.56 Å². The number of benzene rings is 2. The minimum absolute atomic E-state index is 0.195. The van der Waals surface area contributed by atoms with Crippen LogP contribution in [-0.2, 0) is 6.42 Å². The molecule has 7 nitrogen and oxygen atoms in total. The van der Waals surface area contributed by atoms with Gasteiger partial charge in [-0.15, -0.1) is 5.10 Å². The number of carboxylic acids is 1. The third-order valence-electron chi connectivity index (χ3n) is 3.50. The summed E-state index contributed by atoms with van der Waals surface area (Å²) in [5.41, 5.74) is 5.78. The number of fused-ring (bicyclic) bond motifs is 1. The van der Waals surface area contributed by atoms with Gasteiger partial charge in [0.15, 0.2) is 0 Å². The molecule has 23 heavy (non-hydrogen) atoms. The van der Waals surface area contributed by atoms with E-state index in [2.05, 4.69) is 15.7 Å². The van der Waals surface area contributed by atoms with E-state index in [1.54, 1.807) is 18.0 Å². The van der Waals surface area contributed by atoms with Crippen molar-refractivity contribution in [2.75, 3.05) is 19.1 Å². The van der Waals surface area contributed by atoms with E-state index in [4.69, 9.17) is 9.84 Å². The minimum atomic E-state index is -0.979. The number of hydrogen-bond acceptors (Lipinski definition) is 5. The molecule has 0 aliphatic carbocycles. The van der Waals surface area contributed by atoms with Crippen LogP contribution in [0.3, 0.4) is 0 Å². The van der Waals surface area contributed by atoms with Crippen LogP contribution in [0.4, 0.5) is 0 Å². The Balaban J connectivity index is 1.68. The molecule has 3 aromatic rings. The Kier molecular flexibility index (Phi) is 4.09. The van der Waals surface area contributed by atoms with Gasteiger partial charge in [-0.3, -0.25) is 0 Å². The van der Waals surface area contributed by atoms with Gasteiger partial charge in [-0.1, -0.05) is 12.1 Å². The lowest BCUT2D eigenvalue weighted by Crippen LogP contribution is -2.19. The number of nitrogens with zero attached hydrogens (tertiary/aromatic N) is 3. The van der Waals surface area contributed by atoms with Crippen LogP contribution < -0.4 is 10.2 Å². The first kappa shape index (κ1) is 14.8. The van der Waals surface area contributed by atoms with E-state index in [1.165, 1.54) is 12.1 Å². The molecular weight excluding hydrogens is 296 g/mol. The van der Waals surface area contributed by atoms with Crippen molar-refractivity contribution in [1.82, 2.24) is 15.1 Å². The Morgan fingerprint density at radius 2 is 2.17 bits per heavy atom. The zero-order valence-electron chi connectivity index (χ0n) is 12.6. The zero-order chi connectivity index (χ0) is 16.2. The number of aromatic nitrogens is 3. The van der Waals surface area contributed by atoms with Crippen LogP contribution in [0.5, 0.6) is 5.75 Å². The fraction of sp³-hybridized carbons (Fsp3) is 0.188. The smallest absolute Gasteiger partial charge is 0.335 e. The molecule has 0 spiro atoms. The summed E-state index contributed by atoms with van der Waals surface area (Å²) in [5.74, 6) is -0.151. The first-order valence-corrected chi connectivity index (χ1v) is 7.13. The summed E-state index contributed by atoms with van der Waals surface area (Å²) in [4.78, 5) is 12.5. The van der Waals surface area contributed by atoms with Crippen molar-refractivity contribution in [1.29, 1.82) is 0 Å². The molecule has 3 rings (SSSR count). The van der Waals surface area contributed by atoms with Crippen LogP contribution in [0.2, 0.25) is 0 Å². The summed E-state index contributed by atoms with van der Waals surface area (Å²) in [7, 11) is 1.64. The van der Waals surface area contributed by atoms with Crippen LogP contribution in [0, 0.1) is 0 Å². The van der Waals surface area contributed by atoms with Gasteiger partial charge in [-0.25, -0.2) is 4.79 Å². The first-order chi connectivity index (χ1) is 11.2. The molecule has 0 saturated heterocycles. The highest BCUT2D eigenvalue weighted by atomic mass is 16.5. The Labute approximate surface area is 132 Å². The summed E-state index contributed by atoms with van der Waals surface area (Å²) in [6, 6.07) is 12.6. The average Bonchev–Trinajstić information content (AvgIpc) is 2.97. The van der Waals surface area contributed by atoms with Crippen molar-refractivity contribution in [2.24, 2.45) is 0 Å². The lowest BCUT2D eigenvalue weighted by molar-refractivity contribution is 0.0697. The van der Waals surface area contributed by atoms with Crippen molar-refractivity contribution >= 4 is 17.0 Å². The van der Waals surface area contributed by atoms with Crippen LogP contribution in [0.1, 0.15) is 15.9 Å². The zero-order valence-corrected chi connectivity index (χ0v) is 12.6. The van der Waals surface area contributed by atoms with Crippen LogP contribution in [0.25, 0.3) is 11.0 Å². The van der Waals surface area contributed by atoms with E-state index < -0.39 is 5.97 Å². The van der Waals surface area contributed by atoms with E-state index in [0.29, 0.717) is 12.1 Å². The minimum Gasteiger partial charge on any atom is -0.497 e. The molecule has 1 aromatic heterocycles. The maximum absolute atomic E-state index is 11.0. The number of hydrogen-bond donors (Lipinski definition) is 2. The molecule has 118 valence electrons. The monoisotopic (exact) mass is 312 g/mol. The predicted molar refractivity (Wildman–Crippen MR) is 85.4 cm³/mol. The second kappa shape index (κ2) is 6.35. The van der Waals surface area contributed by atoms with E-state index in [1.807, 2.05) is 24.3 Å². The van der Waals surface area contributed by atoms with Gasteiger partial charge in [-0.2, -0.15) is 4.79 Å². The summed E-state index contributed by atoms with van der Waals surface area (Å²) in [6.07, 6.45) is 0.797. The molecule has 0 radical (unpaired) electrons. The molecule has 0 unspecified atom stereocenters. The van der Waals surface area contributed by atoms with Gasteiger partial charge in [0.25, 0.3) is 0 Å². The van der Waals surface area contributed by atoms with Gasteiger partial charge in [0.2, 0.25) is 0 Å². The van der Waals surface area contributed by atoms with E-state index in [0.717, 1.165) is 23.3 Å². The maximum Gasteiger partial charge on any atom is 0.335 e. The van der Waals surface area contributed by atoms with E-state index in [9.17, 15) is 4.79 Å². The molecule has 1 heterocycles. The van der Waals surface area contributed by atoms with Crippen LogP contribution >= 0.6 is 0 Å². The van der Waals surface area contributed by atoms with Crippen molar-refractivity contribution in [3.63, 3.8) is 0 Å². The third-order valence-corrected chi connectivity index (χ3v) is 3.50. The van der Waals surface area contributed by atoms with E-state index >= 15 is 0 Å². The molecule has 0 aliphatic heterocycles. The topological polar surface area (TPSA) is 89.3 Å². The van der Waals surface area contributed by atoms with Gasteiger partial charge in [0.05, 0.1) is 12.7 Å². The van der Waals surface area contributed by atoms with Gasteiger partial charge in [0, 0.05) is 6.54 Å². The molecule has 0 saturated carbocycles. The normalized spacial score (nSPS) is 10.7. The summed E-state index contributed by atoms with van der Waals surface area (Å²) in [5, 5.41) is 17.0. The molecule has 0 aliphatic rings. The molecule has 0 amide bonds. The molecule has 0 fully saturated rings. The van der Waals surface area contributed by atoms with Gasteiger partial charge >= 0.3 is 5.97 Å². The number of ether oxygens (including phenoxy) is 1. The van der Waals surface area contributed by atoms with Crippen LogP contribution in [0.15, 0.2) is 42.5 Å². The highest BCUT2D eigenvalue weighted by molar-refractivity contribution is 5.92. The number of methoxy groups -OCH3 is 1. The highest BCUT2D eigenvalue weighted by Gasteiger charge is 2.08. The Bertz CT molecular complexity index is 844. The van der Waals surface area contributed by atoms with Crippen LogP contribution in [-0.4, -0.2) is 39.8 Å². The Hall–Kier alpha value is -3.09. The number of carbonyl (C=O) groups is 1. The largest absolute Gasteiger partial charge is 0.497 e. The average molecular weight is 312 g/mol. The summed E-state index contributed by atoms with van der Waals surface area (Å²) in [6.45, 7) is 0.659. The Morgan fingerprint density at radius 3 is 2.96 bits per heavy atom. The Morgan fingerprint density at radius 1 is 1.30 bits per heavy atom. The fourth-order valence-electron chi connectivity index (χ4n) is 2.31. The SMILES string of the molecule is COc1cccc(CCNn2nnc3cc(C(=O)O)ccc32)c1. The molecule has 7 heteroatoms. The quantitative estimate of drug-likeness (QED) is 0.723. The van der Waals surface area contributed by atoms with Crippen molar-refractivity contribution in [2.45, 2.75) is 6.42 Å². The number of aromatic carboxylic acids is 1. The lowest BCUT2D eigenvalue weighted by Gasteiger charge is -2.07. The van der Waals surface area contributed by atoms with Crippen molar-refractivity contribution in [3.8, 4) is 5.75 Å². The van der Waals surface area contributed by atoms with Crippen molar-refractivity contribution < 1.29 is 14.6 Å². The maximum atomic E-state index is 11.0. The second-order valence-electron chi connectivity index (χ2n) is 5.02. The number of carboxylic acid groups (broad SMARTS) is 1. The molecule has 2 N–H and O–H groups in total. The lowest BCUT2D eigenvalue weighted by atomic mass is 10.1. The molecule has 0 atom stereocenters. The number of rotatable bonds is 6. The molecule has 0 bridgehead atoms. The van der Waals surface area contributed by atoms with Gasteiger partial charge < -0.3 is 15.3 Å². The highest BCUT2D eigenvalue weighted by Crippen LogP contribution is 2.14. The first-order valence-electron chi connectivity index (χ1n) is 7.13. The third kappa shape index (κ3) is 3.23. The summed E-state index contributed by atoms with van der Waals surface area (Å²) >= 11 is 0. The molecular formula is C16H16N4O3. The fourth-order valence-corrected chi connectivity index (χ4v) is 2.31. The van der Waals surface area contributed by atoms with Crippen molar-refractivity contribution in [3.05, 3.63) is 53.6 Å². The van der Waals surface area contributed by atoms with Gasteiger partial charge in [0.1, 0.15) is 16.8 Å². The summed E-state index contributed by atoms with van der Waals surface area (Å²) < 4.78 is 5.20. The standard InChI is InChI=1S/C16H16N4O3/c1-23-13-4-2-3-11(9-13)7-8-17-20-15-6-5-12(16(21)22)10-14(15)18-19-20/h2-6,9-10,17H,7-8H2,1H3,(H,21,22). The predicted octanol–water partition coefficient (Wildman–Crippen LogP) is 1.92.